The molecule has 4 heteroatoms. The molecule has 0 aliphatic rings. The zero-order valence-electron chi connectivity index (χ0n) is 10.00. The minimum Gasteiger partial charge on any atom is -0.497 e. The number of nitrogens with zero attached hydrogens (tertiary/aromatic N) is 2. The van der Waals surface area contributed by atoms with E-state index in [1.807, 2.05) is 37.3 Å². The van der Waals surface area contributed by atoms with E-state index in [0.29, 0.717) is 0 Å². The fraction of sp³-hybridized carbons (Fsp3) is 0.308. The quantitative estimate of drug-likeness (QED) is 0.877. The molecule has 1 atom stereocenters. The first-order chi connectivity index (χ1) is 8.26. The molecule has 1 N–H and O–H groups in total. The molecule has 0 saturated heterocycles. The first-order valence-corrected chi connectivity index (χ1v) is 5.60. The molecule has 2 rings (SSSR count). The summed E-state index contributed by atoms with van der Waals surface area (Å²) in [6, 6.07) is 9.22. The van der Waals surface area contributed by atoms with Crippen LogP contribution >= 0.6 is 0 Å². The number of hydrogen-bond acceptors (Lipinski definition) is 3. The maximum Gasteiger partial charge on any atom is 0.121 e. The summed E-state index contributed by atoms with van der Waals surface area (Å²) in [5, 5.41) is 14.4. The van der Waals surface area contributed by atoms with Gasteiger partial charge in [-0.15, -0.1) is 0 Å². The van der Waals surface area contributed by atoms with E-state index >= 15 is 0 Å². The Morgan fingerprint density at radius 1 is 1.29 bits per heavy atom. The molecule has 0 fully saturated rings. The van der Waals surface area contributed by atoms with E-state index in [1.54, 1.807) is 18.0 Å². The molecule has 90 valence electrons. The van der Waals surface area contributed by atoms with Gasteiger partial charge < -0.3 is 9.84 Å². The minimum atomic E-state index is -0.650. The molecule has 1 unspecified atom stereocenters. The zero-order valence-corrected chi connectivity index (χ0v) is 10.00. The molecule has 0 aliphatic heterocycles. The molecule has 0 saturated carbocycles. The Balaban J connectivity index is 2.27. The van der Waals surface area contributed by atoms with Gasteiger partial charge in [0.25, 0.3) is 0 Å². The number of ether oxygens (including phenoxy) is 1. The lowest BCUT2D eigenvalue weighted by Crippen LogP contribution is -2.08. The number of hydrogen-bond donors (Lipinski definition) is 1. The molecule has 4 nitrogen and oxygen atoms in total. The van der Waals surface area contributed by atoms with Gasteiger partial charge in [0.1, 0.15) is 11.9 Å². The smallest absolute Gasteiger partial charge is 0.121 e. The van der Waals surface area contributed by atoms with Crippen molar-refractivity contribution in [3.05, 3.63) is 47.8 Å². The van der Waals surface area contributed by atoms with Crippen LogP contribution in [0.25, 0.3) is 0 Å². The van der Waals surface area contributed by atoms with Crippen LogP contribution in [0.4, 0.5) is 0 Å². The lowest BCUT2D eigenvalue weighted by molar-refractivity contribution is 0.208. The topological polar surface area (TPSA) is 47.3 Å². The van der Waals surface area contributed by atoms with E-state index < -0.39 is 6.10 Å². The predicted molar refractivity (Wildman–Crippen MR) is 65.0 cm³/mol. The maximum atomic E-state index is 10.3. The molecule has 0 spiro atoms. The molecule has 1 aromatic carbocycles. The Bertz CT molecular complexity index is 476. The summed E-state index contributed by atoms with van der Waals surface area (Å²) in [4.78, 5) is 0. The number of aromatic nitrogens is 2. The monoisotopic (exact) mass is 232 g/mol. The molecule has 0 amide bonds. The highest BCUT2D eigenvalue weighted by atomic mass is 16.5. The maximum absolute atomic E-state index is 10.3. The highest BCUT2D eigenvalue weighted by Gasteiger charge is 2.14. The Labute approximate surface area is 100 Å². The predicted octanol–water partition coefficient (Wildman–Crippen LogP) is 1.99. The van der Waals surface area contributed by atoms with Crippen molar-refractivity contribution in [3.63, 3.8) is 0 Å². The van der Waals surface area contributed by atoms with Crippen LogP contribution in [0.3, 0.4) is 0 Å². The van der Waals surface area contributed by atoms with Gasteiger partial charge in [-0.25, -0.2) is 0 Å². The highest BCUT2D eigenvalue weighted by Crippen LogP contribution is 2.23. The average molecular weight is 232 g/mol. The van der Waals surface area contributed by atoms with E-state index in [0.717, 1.165) is 23.6 Å². The molecule has 0 bridgehead atoms. The van der Waals surface area contributed by atoms with Crippen LogP contribution in [0.1, 0.15) is 24.3 Å². The van der Waals surface area contributed by atoms with Crippen LogP contribution in [0.2, 0.25) is 0 Å². The van der Waals surface area contributed by atoms with E-state index in [2.05, 4.69) is 5.10 Å². The van der Waals surface area contributed by atoms with Crippen molar-refractivity contribution in [1.82, 2.24) is 9.78 Å². The summed E-state index contributed by atoms with van der Waals surface area (Å²) >= 11 is 0. The largest absolute Gasteiger partial charge is 0.497 e. The van der Waals surface area contributed by atoms with Crippen molar-refractivity contribution >= 4 is 0 Å². The second kappa shape index (κ2) is 5.01. The lowest BCUT2D eigenvalue weighted by atomic mass is 10.1. The van der Waals surface area contributed by atoms with Crippen molar-refractivity contribution < 1.29 is 9.84 Å². The number of aliphatic hydroxyl groups excluding tert-OH is 1. The van der Waals surface area contributed by atoms with Crippen molar-refractivity contribution in [1.29, 1.82) is 0 Å². The Morgan fingerprint density at radius 2 is 2.00 bits per heavy atom. The summed E-state index contributed by atoms with van der Waals surface area (Å²) in [5.74, 6) is 0.782. The standard InChI is InChI=1S/C13H16N2O2/c1-3-15-12(8-9-14-15)13(16)10-4-6-11(17-2)7-5-10/h4-9,13,16H,3H2,1-2H3. The first-order valence-electron chi connectivity index (χ1n) is 5.60. The second-order valence-corrected chi connectivity index (χ2v) is 3.75. The minimum absolute atomic E-state index is 0.650. The van der Waals surface area contributed by atoms with Crippen LogP contribution in [-0.2, 0) is 6.54 Å². The van der Waals surface area contributed by atoms with Gasteiger partial charge in [-0.2, -0.15) is 5.10 Å². The van der Waals surface area contributed by atoms with Crippen LogP contribution in [0, 0.1) is 0 Å². The van der Waals surface area contributed by atoms with Crippen molar-refractivity contribution in [2.45, 2.75) is 19.6 Å². The molecular weight excluding hydrogens is 216 g/mol. The van der Waals surface area contributed by atoms with Crippen molar-refractivity contribution in [2.24, 2.45) is 0 Å². The summed E-state index contributed by atoms with van der Waals surface area (Å²) in [6.07, 6.45) is 1.05. The van der Waals surface area contributed by atoms with Crippen LogP contribution < -0.4 is 4.74 Å². The average Bonchev–Trinajstić information content (AvgIpc) is 2.86. The van der Waals surface area contributed by atoms with E-state index in [-0.39, 0.29) is 0 Å². The van der Waals surface area contributed by atoms with Crippen LogP contribution in [0.5, 0.6) is 5.75 Å². The van der Waals surface area contributed by atoms with Crippen LogP contribution in [-0.4, -0.2) is 22.0 Å². The number of rotatable bonds is 4. The fourth-order valence-electron chi connectivity index (χ4n) is 1.80. The third kappa shape index (κ3) is 2.31. The van der Waals surface area contributed by atoms with Gasteiger partial charge in [0.15, 0.2) is 0 Å². The van der Waals surface area contributed by atoms with Gasteiger partial charge in [0, 0.05) is 12.7 Å². The number of benzene rings is 1. The second-order valence-electron chi connectivity index (χ2n) is 3.75. The highest BCUT2D eigenvalue weighted by molar-refractivity contribution is 5.31. The molecule has 0 aliphatic carbocycles. The first kappa shape index (κ1) is 11.7. The van der Waals surface area contributed by atoms with Gasteiger partial charge in [-0.05, 0) is 30.7 Å². The van der Waals surface area contributed by atoms with Gasteiger partial charge in [0.05, 0.1) is 12.8 Å². The van der Waals surface area contributed by atoms with E-state index in [9.17, 15) is 5.11 Å². The Hall–Kier alpha value is -1.81. The number of aliphatic hydroxyl groups is 1. The van der Waals surface area contributed by atoms with Gasteiger partial charge in [-0.3, -0.25) is 4.68 Å². The number of methoxy groups -OCH3 is 1. The summed E-state index contributed by atoms with van der Waals surface area (Å²) in [7, 11) is 1.62. The third-order valence-electron chi connectivity index (χ3n) is 2.76. The van der Waals surface area contributed by atoms with Crippen molar-refractivity contribution in [2.75, 3.05) is 7.11 Å². The molecule has 0 radical (unpaired) electrons. The molecule has 1 aromatic heterocycles. The lowest BCUT2D eigenvalue weighted by Gasteiger charge is -2.13. The van der Waals surface area contributed by atoms with Gasteiger partial charge in [-0.1, -0.05) is 12.1 Å². The van der Waals surface area contributed by atoms with Gasteiger partial charge in [0.2, 0.25) is 0 Å². The van der Waals surface area contributed by atoms with Crippen LogP contribution in [0.15, 0.2) is 36.5 Å². The van der Waals surface area contributed by atoms with E-state index in [4.69, 9.17) is 4.74 Å². The molecular formula is C13H16N2O2. The SMILES string of the molecule is CCn1nccc1C(O)c1ccc(OC)cc1. The summed E-state index contributed by atoms with van der Waals surface area (Å²) in [5.41, 5.74) is 1.64. The Kier molecular flexibility index (Phi) is 3.44. The Morgan fingerprint density at radius 3 is 2.59 bits per heavy atom. The summed E-state index contributed by atoms with van der Waals surface area (Å²) < 4.78 is 6.87. The molecule has 17 heavy (non-hydrogen) atoms. The number of aryl methyl sites for hydroxylation is 1. The summed E-state index contributed by atoms with van der Waals surface area (Å²) in [6.45, 7) is 2.74. The third-order valence-corrected chi connectivity index (χ3v) is 2.76. The van der Waals surface area contributed by atoms with E-state index in [1.165, 1.54) is 0 Å². The molecule has 1 heterocycles. The fourth-order valence-corrected chi connectivity index (χ4v) is 1.80. The van der Waals surface area contributed by atoms with Gasteiger partial charge >= 0.3 is 0 Å². The van der Waals surface area contributed by atoms with Crippen molar-refractivity contribution in [3.8, 4) is 5.75 Å². The molecule has 2 aromatic rings. The zero-order chi connectivity index (χ0) is 12.3. The normalized spacial score (nSPS) is 12.4.